The average molecular weight is 450 g/mol. The second-order valence-electron chi connectivity index (χ2n) is 8.41. The van der Waals surface area contributed by atoms with Crippen molar-refractivity contribution in [1.29, 1.82) is 0 Å². The quantitative estimate of drug-likeness (QED) is 0.607. The Morgan fingerprint density at radius 3 is 2.15 bits per heavy atom. The molecule has 0 aliphatic carbocycles. The predicted molar refractivity (Wildman–Crippen MR) is 128 cm³/mol. The smallest absolute Gasteiger partial charge is 0.151 e. The Balaban J connectivity index is 1.24. The summed E-state index contributed by atoms with van der Waals surface area (Å²) in [4.78, 5) is 6.52. The SMILES string of the molecule is COc1ccc(F)cc1N1CCN(CC(O)CN2c3ccccc3Oc3ccccc32)CC1. The molecule has 0 amide bonds. The van der Waals surface area contributed by atoms with Crippen molar-refractivity contribution in [2.45, 2.75) is 6.10 Å². The number of β-amino-alcohol motifs (C(OH)–C–C–N with tert-alkyl or cyclic N) is 1. The van der Waals surface area contributed by atoms with Crippen molar-refractivity contribution in [2.75, 3.05) is 56.2 Å². The van der Waals surface area contributed by atoms with Crippen LogP contribution in [0.4, 0.5) is 21.5 Å². The van der Waals surface area contributed by atoms with E-state index in [1.165, 1.54) is 12.1 Å². The van der Waals surface area contributed by atoms with Crippen LogP contribution >= 0.6 is 0 Å². The van der Waals surface area contributed by atoms with Crippen LogP contribution in [0, 0.1) is 5.82 Å². The molecule has 1 unspecified atom stereocenters. The predicted octanol–water partition coefficient (Wildman–Crippen LogP) is 4.26. The number of rotatable bonds is 6. The second-order valence-corrected chi connectivity index (χ2v) is 8.41. The molecule has 2 aliphatic heterocycles. The largest absolute Gasteiger partial charge is 0.495 e. The van der Waals surface area contributed by atoms with Gasteiger partial charge in [-0.3, -0.25) is 4.90 Å². The fraction of sp³-hybridized carbons (Fsp3) is 0.308. The summed E-state index contributed by atoms with van der Waals surface area (Å²) < 4.78 is 25.2. The molecule has 2 aliphatic rings. The number of anilines is 3. The number of piperazine rings is 1. The van der Waals surface area contributed by atoms with Gasteiger partial charge < -0.3 is 24.4 Å². The first-order chi connectivity index (χ1) is 16.1. The van der Waals surface area contributed by atoms with E-state index >= 15 is 0 Å². The van der Waals surface area contributed by atoms with E-state index in [0.717, 1.165) is 54.7 Å². The molecule has 2 heterocycles. The van der Waals surface area contributed by atoms with Crippen molar-refractivity contribution in [3.63, 3.8) is 0 Å². The standard InChI is InChI=1S/C26H28FN3O3/c1-32-24-11-10-19(27)16-23(24)29-14-12-28(13-15-29)17-20(31)18-30-21-6-2-4-8-25(21)33-26-9-5-3-7-22(26)30/h2-11,16,20,31H,12-15,17-18H2,1H3. The highest BCUT2D eigenvalue weighted by Gasteiger charge is 2.27. The number of ether oxygens (including phenoxy) is 2. The maximum atomic E-state index is 13.8. The van der Waals surface area contributed by atoms with Crippen molar-refractivity contribution in [2.24, 2.45) is 0 Å². The zero-order valence-corrected chi connectivity index (χ0v) is 18.7. The Labute approximate surface area is 193 Å². The maximum Gasteiger partial charge on any atom is 0.151 e. The number of methoxy groups -OCH3 is 1. The van der Waals surface area contributed by atoms with Crippen LogP contribution in [0.2, 0.25) is 0 Å². The maximum absolute atomic E-state index is 13.8. The first-order valence-corrected chi connectivity index (χ1v) is 11.2. The highest BCUT2D eigenvalue weighted by atomic mass is 19.1. The highest BCUT2D eigenvalue weighted by molar-refractivity contribution is 5.77. The van der Waals surface area contributed by atoms with Gasteiger partial charge in [-0.05, 0) is 36.4 Å². The zero-order valence-electron chi connectivity index (χ0n) is 18.7. The number of fused-ring (bicyclic) bond motifs is 2. The minimum atomic E-state index is -0.542. The van der Waals surface area contributed by atoms with E-state index in [-0.39, 0.29) is 5.82 Å². The van der Waals surface area contributed by atoms with Crippen molar-refractivity contribution < 1.29 is 19.0 Å². The molecular formula is C26H28FN3O3. The van der Waals surface area contributed by atoms with Crippen LogP contribution in [0.3, 0.4) is 0 Å². The van der Waals surface area contributed by atoms with Gasteiger partial charge in [0, 0.05) is 38.8 Å². The Morgan fingerprint density at radius 2 is 1.52 bits per heavy atom. The Hall–Kier alpha value is -3.29. The molecule has 0 bridgehead atoms. The van der Waals surface area contributed by atoms with Gasteiger partial charge in [0.05, 0.1) is 36.8 Å². The van der Waals surface area contributed by atoms with E-state index < -0.39 is 6.10 Å². The molecule has 1 atom stereocenters. The van der Waals surface area contributed by atoms with Gasteiger partial charge in [-0.15, -0.1) is 0 Å². The van der Waals surface area contributed by atoms with Crippen LogP contribution in [0.15, 0.2) is 66.7 Å². The van der Waals surface area contributed by atoms with Gasteiger partial charge in [-0.1, -0.05) is 24.3 Å². The third-order valence-corrected chi connectivity index (χ3v) is 6.25. The molecule has 1 N–H and O–H groups in total. The molecule has 5 rings (SSSR count). The highest BCUT2D eigenvalue weighted by Crippen LogP contribution is 2.46. The molecule has 6 nitrogen and oxygen atoms in total. The number of halogens is 1. The molecule has 7 heteroatoms. The van der Waals surface area contributed by atoms with Crippen molar-refractivity contribution in [1.82, 2.24) is 4.90 Å². The summed E-state index contributed by atoms with van der Waals surface area (Å²) in [5.41, 5.74) is 2.69. The van der Waals surface area contributed by atoms with E-state index in [9.17, 15) is 9.50 Å². The lowest BCUT2D eigenvalue weighted by atomic mass is 10.1. The molecule has 0 aromatic heterocycles. The zero-order chi connectivity index (χ0) is 22.8. The molecule has 1 fully saturated rings. The van der Waals surface area contributed by atoms with Crippen LogP contribution in [-0.2, 0) is 0 Å². The summed E-state index contributed by atoms with van der Waals surface area (Å²) in [7, 11) is 1.60. The van der Waals surface area contributed by atoms with E-state index in [1.54, 1.807) is 13.2 Å². The van der Waals surface area contributed by atoms with Gasteiger partial charge in [0.15, 0.2) is 11.5 Å². The van der Waals surface area contributed by atoms with Crippen LogP contribution < -0.4 is 19.3 Å². The van der Waals surface area contributed by atoms with Gasteiger partial charge in [0.1, 0.15) is 11.6 Å². The first kappa shape index (κ1) is 21.6. The summed E-state index contributed by atoms with van der Waals surface area (Å²) in [6.45, 7) is 4.09. The number of aliphatic hydroxyl groups is 1. The Bertz CT molecular complexity index is 1070. The lowest BCUT2D eigenvalue weighted by Crippen LogP contribution is -2.50. The molecule has 172 valence electrons. The average Bonchev–Trinajstić information content (AvgIpc) is 2.84. The molecule has 33 heavy (non-hydrogen) atoms. The topological polar surface area (TPSA) is 48.4 Å². The van der Waals surface area contributed by atoms with E-state index in [4.69, 9.17) is 9.47 Å². The molecule has 3 aromatic carbocycles. The molecule has 1 saturated heterocycles. The van der Waals surface area contributed by atoms with Gasteiger partial charge in [0.25, 0.3) is 0 Å². The fourth-order valence-corrected chi connectivity index (χ4v) is 4.63. The summed E-state index contributed by atoms with van der Waals surface area (Å²) in [5, 5.41) is 11.0. The number of nitrogens with zero attached hydrogens (tertiary/aromatic N) is 3. The van der Waals surface area contributed by atoms with E-state index in [0.29, 0.717) is 18.8 Å². The number of para-hydroxylation sites is 4. The Kier molecular flexibility index (Phi) is 6.07. The fourth-order valence-electron chi connectivity index (χ4n) is 4.63. The van der Waals surface area contributed by atoms with Gasteiger partial charge in [0.2, 0.25) is 0 Å². The van der Waals surface area contributed by atoms with Crippen LogP contribution in [-0.4, -0.2) is 62.5 Å². The van der Waals surface area contributed by atoms with Crippen molar-refractivity contribution >= 4 is 17.1 Å². The van der Waals surface area contributed by atoms with E-state index in [2.05, 4.69) is 14.7 Å². The minimum absolute atomic E-state index is 0.269. The Morgan fingerprint density at radius 1 is 0.879 bits per heavy atom. The number of hydrogen-bond donors (Lipinski definition) is 1. The van der Waals surface area contributed by atoms with Gasteiger partial charge in [-0.2, -0.15) is 0 Å². The number of hydrogen-bond acceptors (Lipinski definition) is 6. The summed E-state index contributed by atoms with van der Waals surface area (Å²) in [6, 6.07) is 20.4. The monoisotopic (exact) mass is 449 g/mol. The second kappa shape index (κ2) is 9.29. The molecule has 0 radical (unpaired) electrons. The summed E-state index contributed by atoms with van der Waals surface area (Å²) in [5.74, 6) is 1.99. The van der Waals surface area contributed by atoms with Crippen molar-refractivity contribution in [3.8, 4) is 17.2 Å². The van der Waals surface area contributed by atoms with Crippen molar-refractivity contribution in [3.05, 3.63) is 72.5 Å². The lowest BCUT2D eigenvalue weighted by Gasteiger charge is -2.38. The number of aliphatic hydroxyl groups excluding tert-OH is 1. The molecule has 3 aromatic rings. The lowest BCUT2D eigenvalue weighted by molar-refractivity contribution is 0.114. The van der Waals surface area contributed by atoms with Gasteiger partial charge in [-0.25, -0.2) is 4.39 Å². The van der Waals surface area contributed by atoms with E-state index in [1.807, 2.05) is 48.5 Å². The summed E-state index contributed by atoms with van der Waals surface area (Å²) in [6.07, 6.45) is -0.542. The van der Waals surface area contributed by atoms with Crippen LogP contribution in [0.1, 0.15) is 0 Å². The summed E-state index contributed by atoms with van der Waals surface area (Å²) >= 11 is 0. The third kappa shape index (κ3) is 4.47. The minimum Gasteiger partial charge on any atom is -0.495 e. The first-order valence-electron chi connectivity index (χ1n) is 11.2. The van der Waals surface area contributed by atoms with Crippen LogP contribution in [0.25, 0.3) is 0 Å². The normalized spacial score (nSPS) is 16.6. The molecule has 0 spiro atoms. The molecular weight excluding hydrogens is 421 g/mol. The molecule has 0 saturated carbocycles. The third-order valence-electron chi connectivity index (χ3n) is 6.25. The van der Waals surface area contributed by atoms with Crippen LogP contribution in [0.5, 0.6) is 17.2 Å². The number of benzene rings is 3. The van der Waals surface area contributed by atoms with Gasteiger partial charge >= 0.3 is 0 Å².